The topological polar surface area (TPSA) is 89.2 Å². The van der Waals surface area contributed by atoms with Crippen LogP contribution in [0.25, 0.3) is 11.8 Å². The number of carbonyl (C=O) groups excluding carboxylic acids is 1. The van der Waals surface area contributed by atoms with E-state index in [1.54, 1.807) is 29.0 Å². The molecule has 0 atom stereocenters. The first-order valence-electron chi connectivity index (χ1n) is 9.25. The van der Waals surface area contributed by atoms with Crippen LogP contribution in [0.4, 0.5) is 5.69 Å². The highest BCUT2D eigenvalue weighted by Crippen LogP contribution is 2.29. The van der Waals surface area contributed by atoms with Gasteiger partial charge in [-0.3, -0.25) is 4.79 Å². The minimum atomic E-state index is -0.546. The molecule has 3 rings (SSSR count). The maximum absolute atomic E-state index is 12.8. The second-order valence-corrected chi connectivity index (χ2v) is 6.52. The van der Waals surface area contributed by atoms with Crippen LogP contribution in [-0.4, -0.2) is 29.9 Å². The lowest BCUT2D eigenvalue weighted by Crippen LogP contribution is -2.14. The Bertz CT molecular complexity index is 1140. The highest BCUT2D eigenvalue weighted by Gasteiger charge is 2.17. The van der Waals surface area contributed by atoms with Crippen molar-refractivity contribution in [2.24, 2.45) is 0 Å². The first kappa shape index (κ1) is 20.7. The van der Waals surface area contributed by atoms with Gasteiger partial charge in [0.05, 0.1) is 31.3 Å². The van der Waals surface area contributed by atoms with Crippen molar-refractivity contribution in [2.45, 2.75) is 13.8 Å². The molecule has 0 unspecified atom stereocenters. The summed E-state index contributed by atoms with van der Waals surface area (Å²) in [6, 6.07) is 16.7. The summed E-state index contributed by atoms with van der Waals surface area (Å²) < 4.78 is 12.3. The molecular weight excluding hydrogens is 380 g/mol. The average molecular weight is 402 g/mol. The van der Waals surface area contributed by atoms with Crippen LogP contribution >= 0.6 is 0 Å². The monoisotopic (exact) mass is 402 g/mol. The Morgan fingerprint density at radius 1 is 1.13 bits per heavy atom. The van der Waals surface area contributed by atoms with Crippen molar-refractivity contribution in [3.05, 3.63) is 71.1 Å². The van der Waals surface area contributed by atoms with Gasteiger partial charge in [0.25, 0.3) is 5.91 Å². The summed E-state index contributed by atoms with van der Waals surface area (Å²) in [6.45, 7) is 3.74. The Morgan fingerprint density at radius 2 is 1.87 bits per heavy atom. The van der Waals surface area contributed by atoms with Gasteiger partial charge in [0.1, 0.15) is 23.1 Å². The lowest BCUT2D eigenvalue weighted by atomic mass is 10.1. The summed E-state index contributed by atoms with van der Waals surface area (Å²) in [6.07, 6.45) is 1.55. The van der Waals surface area contributed by atoms with Crippen LogP contribution < -0.4 is 14.8 Å². The standard InChI is InChI=1S/C23H22N4O3/c1-15-20(16(2)27(26-15)18-8-6-5-7-9-18)12-17(14-24)23(28)25-21-13-19(29-3)10-11-22(21)30-4/h5-13H,1-4H3,(H,25,28)/b17-12+. The van der Waals surface area contributed by atoms with Gasteiger partial charge in [-0.2, -0.15) is 10.4 Å². The van der Waals surface area contributed by atoms with E-state index in [1.165, 1.54) is 14.2 Å². The number of rotatable bonds is 6. The Kier molecular flexibility index (Phi) is 6.18. The van der Waals surface area contributed by atoms with E-state index in [-0.39, 0.29) is 5.57 Å². The number of hydrogen-bond acceptors (Lipinski definition) is 5. The highest BCUT2D eigenvalue weighted by atomic mass is 16.5. The number of nitrogens with zero attached hydrogens (tertiary/aromatic N) is 3. The molecule has 0 radical (unpaired) electrons. The molecular formula is C23H22N4O3. The number of benzene rings is 2. The molecule has 1 aromatic heterocycles. The van der Waals surface area contributed by atoms with Crippen LogP contribution in [0.2, 0.25) is 0 Å². The number of aryl methyl sites for hydroxylation is 1. The quantitative estimate of drug-likeness (QED) is 0.496. The molecule has 7 nitrogen and oxygen atoms in total. The van der Waals surface area contributed by atoms with E-state index < -0.39 is 5.91 Å². The van der Waals surface area contributed by atoms with Crippen LogP contribution in [0.15, 0.2) is 54.1 Å². The molecule has 0 aliphatic carbocycles. The van der Waals surface area contributed by atoms with E-state index in [1.807, 2.05) is 50.2 Å². The van der Waals surface area contributed by atoms with Gasteiger partial charge in [-0.05, 0) is 44.2 Å². The van der Waals surface area contributed by atoms with Gasteiger partial charge < -0.3 is 14.8 Å². The van der Waals surface area contributed by atoms with E-state index >= 15 is 0 Å². The summed E-state index contributed by atoms with van der Waals surface area (Å²) in [4.78, 5) is 12.8. The average Bonchev–Trinajstić information content (AvgIpc) is 3.05. The van der Waals surface area contributed by atoms with Crippen LogP contribution in [0.3, 0.4) is 0 Å². The number of nitrogens with one attached hydrogen (secondary N) is 1. The van der Waals surface area contributed by atoms with Crippen molar-refractivity contribution in [1.82, 2.24) is 9.78 Å². The molecule has 0 saturated carbocycles. The van der Waals surface area contributed by atoms with Gasteiger partial charge >= 0.3 is 0 Å². The van der Waals surface area contributed by atoms with Gasteiger partial charge in [0.15, 0.2) is 0 Å². The summed E-state index contributed by atoms with van der Waals surface area (Å²) >= 11 is 0. The van der Waals surface area contributed by atoms with Crippen LogP contribution in [0, 0.1) is 25.2 Å². The maximum atomic E-state index is 12.8. The molecule has 3 aromatic rings. The van der Waals surface area contributed by atoms with E-state index in [0.29, 0.717) is 17.2 Å². The second kappa shape index (κ2) is 8.97. The van der Waals surface area contributed by atoms with Gasteiger partial charge in [0.2, 0.25) is 0 Å². The smallest absolute Gasteiger partial charge is 0.266 e. The molecule has 0 aliphatic rings. The lowest BCUT2D eigenvalue weighted by Gasteiger charge is -2.11. The molecule has 0 spiro atoms. The van der Waals surface area contributed by atoms with E-state index in [4.69, 9.17) is 9.47 Å². The SMILES string of the molecule is COc1ccc(OC)c(NC(=O)/C(C#N)=C/c2c(C)nn(-c3ccccc3)c2C)c1. The fourth-order valence-corrected chi connectivity index (χ4v) is 3.08. The van der Waals surface area contributed by atoms with E-state index in [0.717, 1.165) is 22.6 Å². The van der Waals surface area contributed by atoms with Gasteiger partial charge in [-0.25, -0.2) is 4.68 Å². The van der Waals surface area contributed by atoms with Gasteiger partial charge in [0, 0.05) is 17.3 Å². The van der Waals surface area contributed by atoms with Crippen molar-refractivity contribution in [3.8, 4) is 23.3 Å². The van der Waals surface area contributed by atoms with Crippen molar-refractivity contribution in [3.63, 3.8) is 0 Å². The van der Waals surface area contributed by atoms with Crippen molar-refractivity contribution in [1.29, 1.82) is 5.26 Å². The number of anilines is 1. The first-order valence-corrected chi connectivity index (χ1v) is 9.25. The Hall–Kier alpha value is -4.05. The summed E-state index contributed by atoms with van der Waals surface area (Å²) in [5.41, 5.74) is 3.55. The largest absolute Gasteiger partial charge is 0.497 e. The Morgan fingerprint density at radius 3 is 2.50 bits per heavy atom. The Balaban J connectivity index is 1.95. The molecule has 7 heteroatoms. The predicted octanol–water partition coefficient (Wildman–Crippen LogP) is 4.05. The van der Waals surface area contributed by atoms with Crippen molar-refractivity contribution < 1.29 is 14.3 Å². The zero-order valence-corrected chi connectivity index (χ0v) is 17.3. The molecule has 2 aromatic carbocycles. The molecule has 0 aliphatic heterocycles. The minimum absolute atomic E-state index is 0.0429. The number of carbonyl (C=O) groups is 1. The first-order chi connectivity index (χ1) is 14.5. The third kappa shape index (κ3) is 4.18. The Labute approximate surface area is 175 Å². The number of nitriles is 1. The van der Waals surface area contributed by atoms with Crippen LogP contribution in [0.5, 0.6) is 11.5 Å². The zero-order chi connectivity index (χ0) is 21.7. The zero-order valence-electron chi connectivity index (χ0n) is 17.3. The van der Waals surface area contributed by atoms with Crippen molar-refractivity contribution >= 4 is 17.7 Å². The fourth-order valence-electron chi connectivity index (χ4n) is 3.08. The molecule has 152 valence electrons. The van der Waals surface area contributed by atoms with Gasteiger partial charge in [-0.15, -0.1) is 0 Å². The molecule has 0 saturated heterocycles. The lowest BCUT2D eigenvalue weighted by molar-refractivity contribution is -0.112. The second-order valence-electron chi connectivity index (χ2n) is 6.52. The number of aromatic nitrogens is 2. The summed E-state index contributed by atoms with van der Waals surface area (Å²) in [5.74, 6) is 0.477. The third-order valence-electron chi connectivity index (χ3n) is 4.66. The third-order valence-corrected chi connectivity index (χ3v) is 4.66. The number of para-hydroxylation sites is 1. The molecule has 0 bridgehead atoms. The molecule has 0 fully saturated rings. The number of hydrogen-bond donors (Lipinski definition) is 1. The van der Waals surface area contributed by atoms with Crippen LogP contribution in [-0.2, 0) is 4.79 Å². The normalized spacial score (nSPS) is 11.0. The molecule has 1 N–H and O–H groups in total. The summed E-state index contributed by atoms with van der Waals surface area (Å²) in [5, 5.41) is 16.9. The number of ether oxygens (including phenoxy) is 2. The molecule has 1 heterocycles. The number of methoxy groups -OCH3 is 2. The minimum Gasteiger partial charge on any atom is -0.497 e. The maximum Gasteiger partial charge on any atom is 0.266 e. The summed E-state index contributed by atoms with van der Waals surface area (Å²) in [7, 11) is 3.03. The molecule has 30 heavy (non-hydrogen) atoms. The fraction of sp³-hybridized carbons (Fsp3) is 0.174. The van der Waals surface area contributed by atoms with E-state index in [9.17, 15) is 10.1 Å². The number of amides is 1. The highest BCUT2D eigenvalue weighted by molar-refractivity contribution is 6.10. The van der Waals surface area contributed by atoms with Crippen LogP contribution in [0.1, 0.15) is 17.0 Å². The van der Waals surface area contributed by atoms with Gasteiger partial charge in [-0.1, -0.05) is 18.2 Å². The molecule has 1 amide bonds. The van der Waals surface area contributed by atoms with Crippen molar-refractivity contribution in [2.75, 3.05) is 19.5 Å². The van der Waals surface area contributed by atoms with E-state index in [2.05, 4.69) is 10.4 Å². The predicted molar refractivity (Wildman–Crippen MR) is 115 cm³/mol.